The van der Waals surface area contributed by atoms with Crippen molar-refractivity contribution in [2.45, 2.75) is 25.7 Å². The molecule has 0 aromatic heterocycles. The number of hydrogen-bond donors (Lipinski definition) is 2. The highest BCUT2D eigenvalue weighted by Crippen LogP contribution is 2.27. The van der Waals surface area contributed by atoms with E-state index in [0.717, 1.165) is 24.8 Å². The monoisotopic (exact) mass is 320 g/mol. The molecule has 0 unspecified atom stereocenters. The molecular formula is C17H24N2O4. The molecule has 1 fully saturated rings. The average molecular weight is 320 g/mol. The van der Waals surface area contributed by atoms with Crippen LogP contribution in [0.1, 0.15) is 24.8 Å². The zero-order valence-electron chi connectivity index (χ0n) is 13.7. The summed E-state index contributed by atoms with van der Waals surface area (Å²) in [5.41, 5.74) is 1.04. The third-order valence-electron chi connectivity index (χ3n) is 4.08. The van der Waals surface area contributed by atoms with Gasteiger partial charge in [-0.3, -0.25) is 9.59 Å². The lowest BCUT2D eigenvalue weighted by molar-refractivity contribution is -0.130. The van der Waals surface area contributed by atoms with Crippen molar-refractivity contribution in [3.8, 4) is 11.5 Å². The molecule has 6 heteroatoms. The van der Waals surface area contributed by atoms with Gasteiger partial charge in [-0.05, 0) is 37.0 Å². The van der Waals surface area contributed by atoms with Crippen molar-refractivity contribution in [1.29, 1.82) is 0 Å². The van der Waals surface area contributed by atoms with Crippen LogP contribution in [0.5, 0.6) is 11.5 Å². The van der Waals surface area contributed by atoms with Gasteiger partial charge in [-0.25, -0.2) is 0 Å². The van der Waals surface area contributed by atoms with Gasteiger partial charge in [-0.1, -0.05) is 12.5 Å². The van der Waals surface area contributed by atoms with Crippen molar-refractivity contribution < 1.29 is 19.1 Å². The molecule has 6 nitrogen and oxygen atoms in total. The first-order chi connectivity index (χ1) is 11.1. The number of carbonyl (C=O) groups excluding carboxylic acids is 2. The van der Waals surface area contributed by atoms with Crippen LogP contribution < -0.4 is 20.1 Å². The predicted molar refractivity (Wildman–Crippen MR) is 86.6 cm³/mol. The van der Waals surface area contributed by atoms with Gasteiger partial charge in [-0.2, -0.15) is 0 Å². The predicted octanol–water partition coefficient (Wildman–Crippen LogP) is 1.28. The molecule has 1 aliphatic rings. The second kappa shape index (κ2) is 8.41. The molecule has 0 bridgehead atoms. The summed E-state index contributed by atoms with van der Waals surface area (Å²) in [6.45, 7) is 0.550. The third-order valence-corrected chi connectivity index (χ3v) is 4.08. The number of hydrogen-bond acceptors (Lipinski definition) is 4. The Balaban J connectivity index is 1.69. The lowest BCUT2D eigenvalue weighted by Gasteiger charge is -2.23. The van der Waals surface area contributed by atoms with Gasteiger partial charge in [0, 0.05) is 12.5 Å². The largest absolute Gasteiger partial charge is 0.493 e. The number of rotatable bonds is 8. The first kappa shape index (κ1) is 17.1. The molecule has 0 radical (unpaired) electrons. The van der Waals surface area contributed by atoms with Gasteiger partial charge in [0.15, 0.2) is 11.5 Å². The maximum Gasteiger partial charge on any atom is 0.239 e. The molecular weight excluding hydrogens is 296 g/mol. The van der Waals surface area contributed by atoms with Crippen LogP contribution in [0.2, 0.25) is 0 Å². The summed E-state index contributed by atoms with van der Waals surface area (Å²) in [5, 5.41) is 5.48. The molecule has 0 atom stereocenters. The summed E-state index contributed by atoms with van der Waals surface area (Å²) in [5.74, 6) is 1.28. The minimum Gasteiger partial charge on any atom is -0.493 e. The van der Waals surface area contributed by atoms with Crippen molar-refractivity contribution >= 4 is 11.8 Å². The van der Waals surface area contributed by atoms with Crippen LogP contribution in [0.25, 0.3) is 0 Å². The zero-order valence-corrected chi connectivity index (χ0v) is 13.7. The number of ether oxygens (including phenoxy) is 2. The van der Waals surface area contributed by atoms with Crippen LogP contribution in [0.3, 0.4) is 0 Å². The van der Waals surface area contributed by atoms with Gasteiger partial charge in [-0.15, -0.1) is 0 Å². The highest BCUT2D eigenvalue weighted by Gasteiger charge is 2.25. The minimum absolute atomic E-state index is 0.00806. The van der Waals surface area contributed by atoms with E-state index < -0.39 is 0 Å². The number of benzene rings is 1. The molecule has 2 amide bonds. The molecule has 1 saturated carbocycles. The van der Waals surface area contributed by atoms with Crippen LogP contribution in [0, 0.1) is 5.92 Å². The maximum atomic E-state index is 11.7. The smallest absolute Gasteiger partial charge is 0.239 e. The molecule has 0 aliphatic heterocycles. The molecule has 2 N–H and O–H groups in total. The van der Waals surface area contributed by atoms with Crippen LogP contribution in [0.4, 0.5) is 0 Å². The van der Waals surface area contributed by atoms with Gasteiger partial charge < -0.3 is 20.1 Å². The van der Waals surface area contributed by atoms with Crippen LogP contribution in [-0.4, -0.2) is 39.1 Å². The fraction of sp³-hybridized carbons (Fsp3) is 0.529. The Bertz CT molecular complexity index is 556. The van der Waals surface area contributed by atoms with E-state index in [0.29, 0.717) is 24.5 Å². The molecule has 23 heavy (non-hydrogen) atoms. The standard InChI is InChI=1S/C17H24N2O4/c1-22-14-7-6-12(10-15(14)23-2)8-9-18-16(20)11-19-17(21)13-4-3-5-13/h6-7,10,13H,3-5,8-9,11H2,1-2H3,(H,18,20)(H,19,21). The quantitative estimate of drug-likeness (QED) is 0.756. The van der Waals surface area contributed by atoms with E-state index in [1.807, 2.05) is 18.2 Å². The topological polar surface area (TPSA) is 76.7 Å². The molecule has 126 valence electrons. The van der Waals surface area contributed by atoms with Gasteiger partial charge in [0.2, 0.25) is 11.8 Å². The number of carbonyl (C=O) groups is 2. The highest BCUT2D eigenvalue weighted by atomic mass is 16.5. The lowest BCUT2D eigenvalue weighted by atomic mass is 9.85. The number of nitrogens with one attached hydrogen (secondary N) is 2. The second-order valence-corrected chi connectivity index (χ2v) is 5.63. The van der Waals surface area contributed by atoms with Gasteiger partial charge in [0.05, 0.1) is 20.8 Å². The zero-order chi connectivity index (χ0) is 16.7. The third kappa shape index (κ3) is 4.87. The van der Waals surface area contributed by atoms with Crippen LogP contribution in [-0.2, 0) is 16.0 Å². The molecule has 1 aromatic rings. The molecule has 2 rings (SSSR count). The van der Waals surface area contributed by atoms with Crippen molar-refractivity contribution in [1.82, 2.24) is 10.6 Å². The summed E-state index contributed by atoms with van der Waals surface area (Å²) in [6.07, 6.45) is 3.66. The first-order valence-electron chi connectivity index (χ1n) is 7.89. The van der Waals surface area contributed by atoms with Crippen molar-refractivity contribution in [2.75, 3.05) is 27.3 Å². The number of methoxy groups -OCH3 is 2. The second-order valence-electron chi connectivity index (χ2n) is 5.63. The van der Waals surface area contributed by atoms with E-state index in [1.54, 1.807) is 14.2 Å². The Kier molecular flexibility index (Phi) is 6.26. The maximum absolute atomic E-state index is 11.7. The number of amides is 2. The Hall–Kier alpha value is -2.24. The van der Waals surface area contributed by atoms with Crippen molar-refractivity contribution in [2.24, 2.45) is 5.92 Å². The van der Waals surface area contributed by atoms with E-state index >= 15 is 0 Å². The molecule has 0 heterocycles. The van der Waals surface area contributed by atoms with E-state index in [-0.39, 0.29) is 24.3 Å². The van der Waals surface area contributed by atoms with E-state index in [2.05, 4.69) is 10.6 Å². The Morgan fingerprint density at radius 1 is 1.13 bits per heavy atom. The summed E-state index contributed by atoms with van der Waals surface area (Å²) in [6, 6.07) is 5.67. The van der Waals surface area contributed by atoms with E-state index in [1.165, 1.54) is 0 Å². The fourth-order valence-corrected chi connectivity index (χ4v) is 2.43. The molecule has 1 aliphatic carbocycles. The van der Waals surface area contributed by atoms with Crippen molar-refractivity contribution in [3.63, 3.8) is 0 Å². The normalized spacial score (nSPS) is 13.8. The summed E-state index contributed by atoms with van der Waals surface area (Å²) >= 11 is 0. The molecule has 1 aromatic carbocycles. The highest BCUT2D eigenvalue weighted by molar-refractivity contribution is 5.86. The Labute approximate surface area is 136 Å². The summed E-state index contributed by atoms with van der Waals surface area (Å²) in [4.78, 5) is 23.4. The molecule has 0 saturated heterocycles. The van der Waals surface area contributed by atoms with Gasteiger partial charge in [0.1, 0.15) is 0 Å². The van der Waals surface area contributed by atoms with Gasteiger partial charge in [0.25, 0.3) is 0 Å². The minimum atomic E-state index is -0.168. The van der Waals surface area contributed by atoms with E-state index in [9.17, 15) is 9.59 Å². The van der Waals surface area contributed by atoms with E-state index in [4.69, 9.17) is 9.47 Å². The fourth-order valence-electron chi connectivity index (χ4n) is 2.43. The Morgan fingerprint density at radius 2 is 1.87 bits per heavy atom. The average Bonchev–Trinajstić information content (AvgIpc) is 2.51. The van der Waals surface area contributed by atoms with Gasteiger partial charge >= 0.3 is 0 Å². The van der Waals surface area contributed by atoms with Crippen molar-refractivity contribution in [3.05, 3.63) is 23.8 Å². The summed E-state index contributed by atoms with van der Waals surface area (Å²) < 4.78 is 10.4. The first-order valence-corrected chi connectivity index (χ1v) is 7.89. The Morgan fingerprint density at radius 3 is 2.48 bits per heavy atom. The van der Waals surface area contributed by atoms with Crippen LogP contribution >= 0.6 is 0 Å². The summed E-state index contributed by atoms with van der Waals surface area (Å²) in [7, 11) is 3.18. The SMILES string of the molecule is COc1ccc(CCNC(=O)CNC(=O)C2CCC2)cc1OC. The molecule has 0 spiro atoms. The van der Waals surface area contributed by atoms with Crippen LogP contribution in [0.15, 0.2) is 18.2 Å². The lowest BCUT2D eigenvalue weighted by Crippen LogP contribution is -2.41.